The molecule has 2 aromatic heterocycles. The molecule has 4 aromatic carbocycles. The summed E-state index contributed by atoms with van der Waals surface area (Å²) in [6.07, 6.45) is 0. The summed E-state index contributed by atoms with van der Waals surface area (Å²) in [7, 11) is 0. The molecule has 6 rings (SSSR count). The van der Waals surface area contributed by atoms with Gasteiger partial charge in [-0.1, -0.05) is 24.3 Å². The standard InChI is InChI=1S/2C16H14N4O2/c2*21-13-5-1-3-11(9-13)17-15-7-8-16(20-19-15)18-12-4-2-6-14(22)10-12/h2*1-10,21-22H,(H,17,19)(H,18,20). The number of rotatable bonds is 8. The van der Waals surface area contributed by atoms with Crippen molar-refractivity contribution in [1.82, 2.24) is 20.4 Å². The largest absolute Gasteiger partial charge is 0.508 e. The summed E-state index contributed by atoms with van der Waals surface area (Å²) >= 11 is 0. The number of nitrogens with one attached hydrogen (secondary N) is 4. The van der Waals surface area contributed by atoms with Crippen LogP contribution in [0.15, 0.2) is 121 Å². The SMILES string of the molecule is Oc1cccc(Nc2ccc(Nc3cccc(O)c3)nn2)c1.Oc1cccc(Nc2ccc(Nc3cccc(O)c3)nn2)c1. The van der Waals surface area contributed by atoms with E-state index in [0.717, 1.165) is 22.7 Å². The number of aromatic nitrogens is 4. The summed E-state index contributed by atoms with van der Waals surface area (Å²) < 4.78 is 0. The maximum Gasteiger partial charge on any atom is 0.153 e. The summed E-state index contributed by atoms with van der Waals surface area (Å²) in [6, 6.07) is 34.1. The van der Waals surface area contributed by atoms with E-state index in [0.29, 0.717) is 23.3 Å². The molecule has 0 saturated carbocycles. The number of nitrogens with zero attached hydrogens (tertiary/aromatic N) is 4. The first kappa shape index (κ1) is 29.0. The molecule has 0 radical (unpaired) electrons. The Hall–Kier alpha value is -6.56. The van der Waals surface area contributed by atoms with Crippen LogP contribution in [0, 0.1) is 0 Å². The van der Waals surface area contributed by atoms with Gasteiger partial charge in [-0.25, -0.2) is 0 Å². The van der Waals surface area contributed by atoms with Gasteiger partial charge in [0.05, 0.1) is 0 Å². The van der Waals surface area contributed by atoms with Crippen molar-refractivity contribution < 1.29 is 20.4 Å². The van der Waals surface area contributed by atoms with E-state index in [1.54, 1.807) is 97.1 Å². The molecule has 0 unspecified atom stereocenters. The summed E-state index contributed by atoms with van der Waals surface area (Å²) in [6.45, 7) is 0. The first-order chi connectivity index (χ1) is 21.4. The molecule has 8 N–H and O–H groups in total. The molecule has 0 aliphatic rings. The zero-order valence-corrected chi connectivity index (χ0v) is 23.1. The number of hydrogen-bond acceptors (Lipinski definition) is 12. The van der Waals surface area contributed by atoms with Gasteiger partial charge in [0, 0.05) is 47.0 Å². The monoisotopic (exact) mass is 588 g/mol. The van der Waals surface area contributed by atoms with Crippen molar-refractivity contribution in [1.29, 1.82) is 0 Å². The van der Waals surface area contributed by atoms with Gasteiger partial charge in [-0.05, 0) is 72.8 Å². The highest BCUT2D eigenvalue weighted by Gasteiger charge is 2.03. The lowest BCUT2D eigenvalue weighted by molar-refractivity contribution is 0.475. The van der Waals surface area contributed by atoms with Gasteiger partial charge in [0.15, 0.2) is 23.3 Å². The molecule has 6 aromatic rings. The number of phenolic OH excluding ortho intramolecular Hbond substituents is 4. The minimum absolute atomic E-state index is 0.181. The Morgan fingerprint density at radius 3 is 0.727 bits per heavy atom. The Labute approximate surface area is 252 Å². The lowest BCUT2D eigenvalue weighted by atomic mass is 10.3. The first-order valence-corrected chi connectivity index (χ1v) is 13.3. The number of hydrogen-bond donors (Lipinski definition) is 8. The molecular weight excluding hydrogens is 560 g/mol. The first-order valence-electron chi connectivity index (χ1n) is 13.3. The van der Waals surface area contributed by atoms with Crippen LogP contribution < -0.4 is 21.3 Å². The van der Waals surface area contributed by atoms with Crippen molar-refractivity contribution in [2.24, 2.45) is 0 Å². The molecule has 0 atom stereocenters. The number of benzene rings is 4. The normalized spacial score (nSPS) is 10.2. The van der Waals surface area contributed by atoms with Gasteiger partial charge >= 0.3 is 0 Å². The molecule has 220 valence electrons. The number of phenols is 4. The predicted molar refractivity (Wildman–Crippen MR) is 170 cm³/mol. The van der Waals surface area contributed by atoms with E-state index >= 15 is 0 Å². The van der Waals surface area contributed by atoms with Gasteiger partial charge in [0.1, 0.15) is 23.0 Å². The van der Waals surface area contributed by atoms with Crippen molar-refractivity contribution in [3.05, 3.63) is 121 Å². The molecule has 0 aliphatic heterocycles. The van der Waals surface area contributed by atoms with Gasteiger partial charge in [-0.3, -0.25) is 0 Å². The molecular formula is C32H28N8O4. The fraction of sp³-hybridized carbons (Fsp3) is 0. The molecule has 12 nitrogen and oxygen atoms in total. The van der Waals surface area contributed by atoms with Gasteiger partial charge in [0.25, 0.3) is 0 Å². The van der Waals surface area contributed by atoms with Crippen LogP contribution >= 0.6 is 0 Å². The molecule has 0 fully saturated rings. The minimum Gasteiger partial charge on any atom is -0.508 e. The van der Waals surface area contributed by atoms with Crippen LogP contribution in [0.5, 0.6) is 23.0 Å². The van der Waals surface area contributed by atoms with Crippen molar-refractivity contribution in [2.75, 3.05) is 21.3 Å². The summed E-state index contributed by atoms with van der Waals surface area (Å²) in [5.74, 6) is 2.97. The topological polar surface area (TPSA) is 181 Å². The van der Waals surface area contributed by atoms with E-state index in [1.807, 2.05) is 24.3 Å². The van der Waals surface area contributed by atoms with Crippen molar-refractivity contribution in [2.45, 2.75) is 0 Å². The van der Waals surface area contributed by atoms with Crippen LogP contribution in [0.3, 0.4) is 0 Å². The molecule has 0 bridgehead atoms. The van der Waals surface area contributed by atoms with Crippen LogP contribution in [-0.4, -0.2) is 40.8 Å². The van der Waals surface area contributed by atoms with Gasteiger partial charge in [-0.15, -0.1) is 20.4 Å². The van der Waals surface area contributed by atoms with E-state index in [2.05, 4.69) is 41.7 Å². The third-order valence-corrected chi connectivity index (χ3v) is 5.80. The average Bonchev–Trinajstić information content (AvgIpc) is 3.00. The highest BCUT2D eigenvalue weighted by Crippen LogP contribution is 2.23. The molecule has 12 heteroatoms. The average molecular weight is 589 g/mol. The van der Waals surface area contributed by atoms with Crippen LogP contribution in [-0.2, 0) is 0 Å². The van der Waals surface area contributed by atoms with E-state index < -0.39 is 0 Å². The Balaban J connectivity index is 0.000000175. The lowest BCUT2D eigenvalue weighted by Crippen LogP contribution is -1.99. The van der Waals surface area contributed by atoms with Gasteiger partial charge in [-0.2, -0.15) is 0 Å². The van der Waals surface area contributed by atoms with Crippen LogP contribution in [0.2, 0.25) is 0 Å². The zero-order chi connectivity index (χ0) is 30.7. The number of aromatic hydroxyl groups is 4. The Bertz CT molecular complexity index is 1550. The lowest BCUT2D eigenvalue weighted by Gasteiger charge is -2.07. The summed E-state index contributed by atoms with van der Waals surface area (Å²) in [5.41, 5.74) is 2.90. The second-order valence-corrected chi connectivity index (χ2v) is 9.31. The van der Waals surface area contributed by atoms with Crippen LogP contribution in [0.1, 0.15) is 0 Å². The second-order valence-electron chi connectivity index (χ2n) is 9.31. The fourth-order valence-electron chi connectivity index (χ4n) is 3.86. The molecule has 44 heavy (non-hydrogen) atoms. The maximum atomic E-state index is 9.42. The van der Waals surface area contributed by atoms with Crippen molar-refractivity contribution >= 4 is 46.0 Å². The van der Waals surface area contributed by atoms with E-state index in [1.165, 1.54) is 0 Å². The Kier molecular flexibility index (Phi) is 9.13. The smallest absolute Gasteiger partial charge is 0.153 e. The third-order valence-electron chi connectivity index (χ3n) is 5.80. The summed E-state index contributed by atoms with van der Waals surface area (Å²) in [5, 5.41) is 66.1. The van der Waals surface area contributed by atoms with Crippen molar-refractivity contribution in [3.63, 3.8) is 0 Å². The van der Waals surface area contributed by atoms with E-state index in [-0.39, 0.29) is 23.0 Å². The second kappa shape index (κ2) is 13.9. The van der Waals surface area contributed by atoms with Crippen LogP contribution in [0.25, 0.3) is 0 Å². The quantitative estimate of drug-likeness (QED) is 0.0938. The highest BCUT2D eigenvalue weighted by molar-refractivity contribution is 5.63. The minimum atomic E-state index is 0.181. The highest BCUT2D eigenvalue weighted by atomic mass is 16.3. The molecule has 0 saturated heterocycles. The molecule has 0 aliphatic carbocycles. The predicted octanol–water partition coefficient (Wildman–Crippen LogP) is 6.75. The van der Waals surface area contributed by atoms with Crippen molar-refractivity contribution in [3.8, 4) is 23.0 Å². The third kappa shape index (κ3) is 8.72. The Morgan fingerprint density at radius 2 is 0.545 bits per heavy atom. The fourth-order valence-corrected chi connectivity index (χ4v) is 3.86. The number of anilines is 8. The van der Waals surface area contributed by atoms with Crippen LogP contribution in [0.4, 0.5) is 46.0 Å². The summed E-state index contributed by atoms with van der Waals surface area (Å²) in [4.78, 5) is 0. The maximum absolute atomic E-state index is 9.42. The van der Waals surface area contributed by atoms with Gasteiger partial charge in [0.2, 0.25) is 0 Å². The van der Waals surface area contributed by atoms with E-state index in [4.69, 9.17) is 0 Å². The van der Waals surface area contributed by atoms with Gasteiger partial charge < -0.3 is 41.7 Å². The molecule has 0 spiro atoms. The zero-order valence-electron chi connectivity index (χ0n) is 23.1. The molecule has 2 heterocycles. The Morgan fingerprint density at radius 1 is 0.318 bits per heavy atom. The van der Waals surface area contributed by atoms with E-state index in [9.17, 15) is 20.4 Å². The molecule has 0 amide bonds.